The third-order valence-corrected chi connectivity index (χ3v) is 5.42. The predicted octanol–water partition coefficient (Wildman–Crippen LogP) is 5.33. The molecule has 0 radical (unpaired) electrons. The van der Waals surface area contributed by atoms with Crippen molar-refractivity contribution in [3.63, 3.8) is 0 Å². The highest BCUT2D eigenvalue weighted by molar-refractivity contribution is 5.88. The van der Waals surface area contributed by atoms with Crippen molar-refractivity contribution in [3.05, 3.63) is 101 Å². The zero-order valence-electron chi connectivity index (χ0n) is 17.5. The van der Waals surface area contributed by atoms with E-state index in [1.54, 1.807) is 26.0 Å². The minimum Gasteiger partial charge on any atom is -0.440 e. The summed E-state index contributed by atoms with van der Waals surface area (Å²) in [5.74, 6) is -0.417. The van der Waals surface area contributed by atoms with Crippen LogP contribution in [0.15, 0.2) is 77.2 Å². The lowest BCUT2D eigenvalue weighted by Crippen LogP contribution is -2.19. The minimum atomic E-state index is -0.965. The third kappa shape index (κ3) is 4.89. The lowest BCUT2D eigenvalue weighted by Gasteiger charge is -2.20. The molecule has 158 valence electrons. The zero-order valence-corrected chi connectivity index (χ0v) is 17.5. The molecule has 4 nitrogen and oxygen atoms in total. The average molecular weight is 417 g/mol. The van der Waals surface area contributed by atoms with Crippen molar-refractivity contribution in [2.45, 2.75) is 38.2 Å². The van der Waals surface area contributed by atoms with E-state index in [1.807, 2.05) is 48.5 Å². The van der Waals surface area contributed by atoms with Gasteiger partial charge in [-0.3, -0.25) is 4.79 Å². The fourth-order valence-corrected chi connectivity index (χ4v) is 3.66. The lowest BCUT2D eigenvalue weighted by atomic mass is 9.85. The molecular weight excluding hydrogens is 393 g/mol. The van der Waals surface area contributed by atoms with Crippen LogP contribution in [0.25, 0.3) is 11.1 Å². The summed E-state index contributed by atoms with van der Waals surface area (Å²) in [5.41, 5.74) is 2.86. The van der Waals surface area contributed by atoms with Crippen molar-refractivity contribution in [2.75, 3.05) is 0 Å². The highest BCUT2D eigenvalue weighted by Crippen LogP contribution is 2.27. The number of carbonyl (C=O) groups is 1. The van der Waals surface area contributed by atoms with E-state index in [9.17, 15) is 14.3 Å². The van der Waals surface area contributed by atoms with Crippen LogP contribution in [0.5, 0.6) is 0 Å². The Labute approximate surface area is 180 Å². The fraction of sp³-hybridized carbons (Fsp3) is 0.231. The Balaban J connectivity index is 1.63. The lowest BCUT2D eigenvalue weighted by molar-refractivity contribution is -0.120. The number of Topliss-reactive ketones (excluding diaryl/α,β-unsaturated/α-hetero) is 1. The minimum absolute atomic E-state index is 0.0353. The molecule has 0 aliphatic carbocycles. The standard InChI is InChI=1S/C26H24FNO3/c1-26(2,30)19-11-9-18(10-12-19)21(15-17-7-13-20(27)14-8-17)23(29)16-25-28-22-5-3-4-6-24(22)31-25/h3-14,21,30H,15-16H2,1-2H3. The maximum atomic E-state index is 13.3. The number of nitrogens with zero attached hydrogens (tertiary/aromatic N) is 1. The molecule has 5 heteroatoms. The summed E-state index contributed by atoms with van der Waals surface area (Å²) in [6, 6.07) is 21.0. The average Bonchev–Trinajstić information content (AvgIpc) is 3.15. The number of benzene rings is 3. The molecule has 0 saturated carbocycles. The summed E-state index contributed by atoms with van der Waals surface area (Å²) in [4.78, 5) is 17.7. The zero-order chi connectivity index (χ0) is 22.0. The summed E-state index contributed by atoms with van der Waals surface area (Å²) >= 11 is 0. The molecule has 0 saturated heterocycles. The van der Waals surface area contributed by atoms with Crippen molar-refractivity contribution in [2.24, 2.45) is 0 Å². The van der Waals surface area contributed by atoms with Crippen LogP contribution in [-0.2, 0) is 23.2 Å². The predicted molar refractivity (Wildman–Crippen MR) is 117 cm³/mol. The maximum absolute atomic E-state index is 13.3. The Bertz CT molecular complexity index is 1160. The van der Waals surface area contributed by atoms with E-state index in [0.717, 1.165) is 22.2 Å². The van der Waals surface area contributed by atoms with Gasteiger partial charge in [-0.1, -0.05) is 48.5 Å². The summed E-state index contributed by atoms with van der Waals surface area (Å²) in [6.07, 6.45) is 0.495. The number of oxazole rings is 1. The van der Waals surface area contributed by atoms with Gasteiger partial charge in [0.15, 0.2) is 5.58 Å². The van der Waals surface area contributed by atoms with Crippen LogP contribution in [-0.4, -0.2) is 15.9 Å². The van der Waals surface area contributed by atoms with E-state index >= 15 is 0 Å². The van der Waals surface area contributed by atoms with Gasteiger partial charge >= 0.3 is 0 Å². The van der Waals surface area contributed by atoms with Gasteiger partial charge in [-0.15, -0.1) is 0 Å². The summed E-state index contributed by atoms with van der Waals surface area (Å²) < 4.78 is 19.1. The molecule has 3 aromatic carbocycles. The fourth-order valence-electron chi connectivity index (χ4n) is 3.66. The number of carbonyl (C=O) groups excluding carboxylic acids is 1. The quantitative estimate of drug-likeness (QED) is 0.441. The molecule has 0 bridgehead atoms. The number of rotatable bonds is 7. The Morgan fingerprint density at radius 2 is 1.71 bits per heavy atom. The molecule has 1 unspecified atom stereocenters. The van der Waals surface area contributed by atoms with Gasteiger partial charge in [-0.2, -0.15) is 0 Å². The van der Waals surface area contributed by atoms with Crippen LogP contribution in [0, 0.1) is 5.82 Å². The number of hydrogen-bond donors (Lipinski definition) is 1. The number of para-hydroxylation sites is 2. The van der Waals surface area contributed by atoms with Gasteiger partial charge in [0, 0.05) is 5.92 Å². The van der Waals surface area contributed by atoms with Crippen LogP contribution >= 0.6 is 0 Å². The van der Waals surface area contributed by atoms with Gasteiger partial charge in [0.05, 0.1) is 12.0 Å². The Morgan fingerprint density at radius 3 is 2.35 bits per heavy atom. The molecule has 0 amide bonds. The first-order valence-electron chi connectivity index (χ1n) is 10.2. The first kappa shape index (κ1) is 20.9. The molecule has 0 spiro atoms. The monoisotopic (exact) mass is 417 g/mol. The highest BCUT2D eigenvalue weighted by Gasteiger charge is 2.24. The van der Waals surface area contributed by atoms with Crippen molar-refractivity contribution in [1.82, 2.24) is 4.98 Å². The Kier molecular flexibility index (Phi) is 5.70. The van der Waals surface area contributed by atoms with Gasteiger partial charge in [0.2, 0.25) is 5.89 Å². The highest BCUT2D eigenvalue weighted by atomic mass is 19.1. The summed E-state index contributed by atoms with van der Waals surface area (Å²) in [6.45, 7) is 3.44. The second-order valence-electron chi connectivity index (χ2n) is 8.28. The SMILES string of the molecule is CC(C)(O)c1ccc(C(Cc2ccc(F)cc2)C(=O)Cc2nc3ccccc3o2)cc1. The number of halogens is 1. The van der Waals surface area contributed by atoms with E-state index in [0.29, 0.717) is 17.9 Å². The molecule has 0 fully saturated rings. The number of ketones is 1. The largest absolute Gasteiger partial charge is 0.440 e. The normalized spacial score (nSPS) is 12.8. The van der Waals surface area contributed by atoms with Gasteiger partial charge in [0.25, 0.3) is 0 Å². The molecule has 0 aliphatic heterocycles. The number of hydrogen-bond acceptors (Lipinski definition) is 4. The second kappa shape index (κ2) is 8.44. The topological polar surface area (TPSA) is 63.3 Å². The van der Waals surface area contributed by atoms with Crippen molar-refractivity contribution < 1.29 is 18.7 Å². The second-order valence-corrected chi connectivity index (χ2v) is 8.28. The van der Waals surface area contributed by atoms with Crippen molar-refractivity contribution in [1.29, 1.82) is 0 Å². The van der Waals surface area contributed by atoms with E-state index < -0.39 is 11.5 Å². The van der Waals surface area contributed by atoms with Gasteiger partial charge in [-0.25, -0.2) is 9.37 Å². The smallest absolute Gasteiger partial charge is 0.202 e. The van der Waals surface area contributed by atoms with Gasteiger partial charge in [-0.05, 0) is 61.2 Å². The van der Waals surface area contributed by atoms with Crippen molar-refractivity contribution in [3.8, 4) is 0 Å². The number of fused-ring (bicyclic) bond motifs is 1. The first-order valence-corrected chi connectivity index (χ1v) is 10.2. The number of aromatic nitrogens is 1. The summed E-state index contributed by atoms with van der Waals surface area (Å²) in [7, 11) is 0. The molecule has 1 aromatic heterocycles. The van der Waals surface area contributed by atoms with Crippen LogP contribution in [0.4, 0.5) is 4.39 Å². The summed E-state index contributed by atoms with van der Waals surface area (Å²) in [5, 5.41) is 10.2. The van der Waals surface area contributed by atoms with E-state index in [-0.39, 0.29) is 18.0 Å². The van der Waals surface area contributed by atoms with Crippen LogP contribution in [0.3, 0.4) is 0 Å². The van der Waals surface area contributed by atoms with Gasteiger partial charge < -0.3 is 9.52 Å². The van der Waals surface area contributed by atoms with E-state index in [4.69, 9.17) is 4.42 Å². The Morgan fingerprint density at radius 1 is 1.03 bits per heavy atom. The van der Waals surface area contributed by atoms with Crippen LogP contribution in [0.2, 0.25) is 0 Å². The first-order chi connectivity index (χ1) is 14.8. The van der Waals surface area contributed by atoms with Crippen molar-refractivity contribution >= 4 is 16.9 Å². The maximum Gasteiger partial charge on any atom is 0.202 e. The number of aliphatic hydroxyl groups is 1. The molecule has 4 rings (SSSR count). The molecule has 31 heavy (non-hydrogen) atoms. The van der Waals surface area contributed by atoms with Crippen LogP contribution < -0.4 is 0 Å². The molecule has 1 N–H and O–H groups in total. The molecular formula is C26H24FNO3. The Hall–Kier alpha value is -3.31. The molecule has 0 aliphatic rings. The van der Waals surface area contributed by atoms with E-state index in [2.05, 4.69) is 4.98 Å². The molecule has 1 atom stereocenters. The van der Waals surface area contributed by atoms with Crippen LogP contribution in [0.1, 0.15) is 42.3 Å². The van der Waals surface area contributed by atoms with E-state index in [1.165, 1.54) is 12.1 Å². The van der Waals surface area contributed by atoms with Gasteiger partial charge in [0.1, 0.15) is 17.1 Å². The molecule has 1 heterocycles. The molecule has 4 aromatic rings. The third-order valence-electron chi connectivity index (χ3n) is 5.42.